The van der Waals surface area contributed by atoms with Crippen molar-refractivity contribution >= 4 is 23.4 Å². The molecule has 1 heterocycles. The van der Waals surface area contributed by atoms with Gasteiger partial charge in [0.2, 0.25) is 11.8 Å². The number of rotatable bonds is 3. The standard InChI is InChI=1S/C19H19N3O3/c1-13(23)21-16-9-5-8-15(12-16)19(25)22-11-10-20-18(24)17(22)14-6-3-2-4-7-14/h2-9,12,17H,10-11H2,1H3,(H,20,24)(H,21,23). The molecule has 0 aromatic heterocycles. The van der Waals surface area contributed by atoms with Crippen LogP contribution < -0.4 is 10.6 Å². The van der Waals surface area contributed by atoms with E-state index in [0.29, 0.717) is 24.3 Å². The Kier molecular flexibility index (Phi) is 4.79. The van der Waals surface area contributed by atoms with Gasteiger partial charge in [0.25, 0.3) is 5.91 Å². The molecular weight excluding hydrogens is 318 g/mol. The Morgan fingerprint density at radius 3 is 2.60 bits per heavy atom. The smallest absolute Gasteiger partial charge is 0.254 e. The average Bonchev–Trinajstić information content (AvgIpc) is 2.61. The van der Waals surface area contributed by atoms with Crippen molar-refractivity contribution in [1.82, 2.24) is 10.2 Å². The minimum absolute atomic E-state index is 0.191. The number of hydrogen-bond acceptors (Lipinski definition) is 3. The van der Waals surface area contributed by atoms with Gasteiger partial charge in [-0.2, -0.15) is 0 Å². The largest absolute Gasteiger partial charge is 0.352 e. The summed E-state index contributed by atoms with van der Waals surface area (Å²) in [6.07, 6.45) is 0. The maximum atomic E-state index is 13.0. The maximum absolute atomic E-state index is 13.0. The van der Waals surface area contributed by atoms with Gasteiger partial charge in [-0.25, -0.2) is 0 Å². The summed E-state index contributed by atoms with van der Waals surface area (Å²) in [6, 6.07) is 15.3. The van der Waals surface area contributed by atoms with Gasteiger partial charge in [0.05, 0.1) is 0 Å². The fraction of sp³-hybridized carbons (Fsp3) is 0.211. The van der Waals surface area contributed by atoms with Crippen LogP contribution in [0.15, 0.2) is 54.6 Å². The van der Waals surface area contributed by atoms with Crippen molar-refractivity contribution in [2.24, 2.45) is 0 Å². The highest BCUT2D eigenvalue weighted by Crippen LogP contribution is 2.25. The molecule has 1 saturated heterocycles. The van der Waals surface area contributed by atoms with Gasteiger partial charge in [0, 0.05) is 31.3 Å². The molecule has 25 heavy (non-hydrogen) atoms. The lowest BCUT2D eigenvalue weighted by Gasteiger charge is -2.35. The van der Waals surface area contributed by atoms with Crippen molar-refractivity contribution in [1.29, 1.82) is 0 Å². The Balaban J connectivity index is 1.91. The average molecular weight is 337 g/mol. The van der Waals surface area contributed by atoms with E-state index in [1.807, 2.05) is 30.3 Å². The molecule has 0 bridgehead atoms. The molecule has 3 rings (SSSR count). The molecule has 0 spiro atoms. The van der Waals surface area contributed by atoms with Gasteiger partial charge in [0.1, 0.15) is 6.04 Å². The molecule has 1 aliphatic rings. The van der Waals surface area contributed by atoms with Crippen LogP contribution in [-0.4, -0.2) is 35.7 Å². The van der Waals surface area contributed by atoms with Crippen molar-refractivity contribution in [3.63, 3.8) is 0 Å². The van der Waals surface area contributed by atoms with Crippen molar-refractivity contribution < 1.29 is 14.4 Å². The molecule has 0 radical (unpaired) electrons. The summed E-state index contributed by atoms with van der Waals surface area (Å²) >= 11 is 0. The van der Waals surface area contributed by atoms with Gasteiger partial charge in [-0.3, -0.25) is 14.4 Å². The summed E-state index contributed by atoms with van der Waals surface area (Å²) in [6.45, 7) is 2.25. The summed E-state index contributed by atoms with van der Waals surface area (Å²) in [5.41, 5.74) is 1.75. The van der Waals surface area contributed by atoms with Crippen LogP contribution in [0.1, 0.15) is 28.9 Å². The number of carbonyl (C=O) groups excluding carboxylic acids is 3. The second kappa shape index (κ2) is 7.17. The second-order valence-corrected chi connectivity index (χ2v) is 5.86. The summed E-state index contributed by atoms with van der Waals surface area (Å²) in [5, 5.41) is 5.48. The topological polar surface area (TPSA) is 78.5 Å². The van der Waals surface area contributed by atoms with Gasteiger partial charge >= 0.3 is 0 Å². The molecule has 6 nitrogen and oxygen atoms in total. The molecule has 2 aromatic rings. The fourth-order valence-corrected chi connectivity index (χ4v) is 2.95. The number of hydrogen-bond donors (Lipinski definition) is 2. The zero-order valence-electron chi connectivity index (χ0n) is 13.9. The van der Waals surface area contributed by atoms with Crippen LogP contribution in [0.5, 0.6) is 0 Å². The van der Waals surface area contributed by atoms with Crippen LogP contribution in [0, 0.1) is 0 Å². The minimum atomic E-state index is -0.660. The van der Waals surface area contributed by atoms with Gasteiger partial charge in [-0.15, -0.1) is 0 Å². The first-order chi connectivity index (χ1) is 12.1. The SMILES string of the molecule is CC(=O)Nc1cccc(C(=O)N2CCNC(=O)C2c2ccccc2)c1. The number of piperazine rings is 1. The first-order valence-electron chi connectivity index (χ1n) is 8.07. The second-order valence-electron chi connectivity index (χ2n) is 5.86. The Morgan fingerprint density at radius 1 is 1.12 bits per heavy atom. The molecule has 1 unspecified atom stereocenters. The zero-order valence-corrected chi connectivity index (χ0v) is 13.9. The van der Waals surface area contributed by atoms with E-state index in [1.165, 1.54) is 6.92 Å². The number of nitrogens with zero attached hydrogens (tertiary/aromatic N) is 1. The predicted molar refractivity (Wildman–Crippen MR) is 94.0 cm³/mol. The highest BCUT2D eigenvalue weighted by Gasteiger charge is 2.34. The molecule has 1 atom stereocenters. The Morgan fingerprint density at radius 2 is 1.88 bits per heavy atom. The van der Waals surface area contributed by atoms with Crippen LogP contribution in [0.3, 0.4) is 0 Å². The van der Waals surface area contributed by atoms with Gasteiger partial charge in [-0.05, 0) is 23.8 Å². The molecular formula is C19H19N3O3. The molecule has 1 fully saturated rings. The van der Waals surface area contributed by atoms with Gasteiger partial charge in [-0.1, -0.05) is 36.4 Å². The Hall–Kier alpha value is -3.15. The van der Waals surface area contributed by atoms with Crippen molar-refractivity contribution in [3.8, 4) is 0 Å². The zero-order chi connectivity index (χ0) is 17.8. The Bertz CT molecular complexity index is 805. The van der Waals surface area contributed by atoms with E-state index in [4.69, 9.17) is 0 Å². The minimum Gasteiger partial charge on any atom is -0.352 e. The highest BCUT2D eigenvalue weighted by atomic mass is 16.2. The van der Waals surface area contributed by atoms with E-state index in [-0.39, 0.29) is 17.7 Å². The quantitative estimate of drug-likeness (QED) is 0.899. The molecule has 128 valence electrons. The lowest BCUT2D eigenvalue weighted by atomic mass is 10.0. The van der Waals surface area contributed by atoms with E-state index in [1.54, 1.807) is 29.2 Å². The lowest BCUT2D eigenvalue weighted by Crippen LogP contribution is -2.52. The Labute approximate surface area is 145 Å². The number of carbonyl (C=O) groups is 3. The molecule has 1 aliphatic heterocycles. The monoisotopic (exact) mass is 337 g/mol. The van der Waals surface area contributed by atoms with Crippen LogP contribution >= 0.6 is 0 Å². The fourth-order valence-electron chi connectivity index (χ4n) is 2.95. The predicted octanol–water partition coefficient (Wildman–Crippen LogP) is 1.96. The number of anilines is 1. The molecule has 2 aromatic carbocycles. The number of benzene rings is 2. The summed E-state index contributed by atoms with van der Waals surface area (Å²) in [4.78, 5) is 38.2. The molecule has 6 heteroatoms. The van der Waals surface area contributed by atoms with Crippen LogP contribution in [0.4, 0.5) is 5.69 Å². The number of nitrogens with one attached hydrogen (secondary N) is 2. The van der Waals surface area contributed by atoms with E-state index >= 15 is 0 Å². The molecule has 0 aliphatic carbocycles. The third-order valence-corrected chi connectivity index (χ3v) is 4.02. The third kappa shape index (κ3) is 3.68. The summed E-state index contributed by atoms with van der Waals surface area (Å²) in [5.74, 6) is -0.635. The molecule has 0 saturated carbocycles. The molecule has 3 amide bonds. The van der Waals surface area contributed by atoms with Gasteiger partial charge in [0.15, 0.2) is 0 Å². The van der Waals surface area contributed by atoms with Crippen LogP contribution in [-0.2, 0) is 9.59 Å². The van der Waals surface area contributed by atoms with Crippen LogP contribution in [0.2, 0.25) is 0 Å². The number of amides is 3. The first-order valence-corrected chi connectivity index (χ1v) is 8.07. The molecule has 2 N–H and O–H groups in total. The summed E-state index contributed by atoms with van der Waals surface area (Å²) < 4.78 is 0. The van der Waals surface area contributed by atoms with Crippen molar-refractivity contribution in [2.75, 3.05) is 18.4 Å². The van der Waals surface area contributed by atoms with Crippen LogP contribution in [0.25, 0.3) is 0 Å². The van der Waals surface area contributed by atoms with E-state index < -0.39 is 6.04 Å². The summed E-state index contributed by atoms with van der Waals surface area (Å²) in [7, 11) is 0. The van der Waals surface area contributed by atoms with E-state index in [2.05, 4.69) is 10.6 Å². The normalized spacial score (nSPS) is 16.9. The maximum Gasteiger partial charge on any atom is 0.254 e. The van der Waals surface area contributed by atoms with E-state index in [0.717, 1.165) is 5.56 Å². The first kappa shape index (κ1) is 16.7. The van der Waals surface area contributed by atoms with Crippen molar-refractivity contribution in [2.45, 2.75) is 13.0 Å². The highest BCUT2D eigenvalue weighted by molar-refractivity contribution is 6.00. The van der Waals surface area contributed by atoms with E-state index in [9.17, 15) is 14.4 Å². The van der Waals surface area contributed by atoms with Crippen molar-refractivity contribution in [3.05, 3.63) is 65.7 Å². The van der Waals surface area contributed by atoms with Gasteiger partial charge < -0.3 is 15.5 Å². The third-order valence-electron chi connectivity index (χ3n) is 4.02. The lowest BCUT2D eigenvalue weighted by molar-refractivity contribution is -0.128.